The van der Waals surface area contributed by atoms with Crippen molar-refractivity contribution in [2.45, 2.75) is 31.9 Å². The maximum absolute atomic E-state index is 11.6. The molecule has 6 heteroatoms. The Balaban J connectivity index is 1.46. The standard InChI is InChI=1S/C18H22ClN3O2/c1-13(10-20-11-14-4-5-17(19)21-12-14)8-16-15(9-18(23)24-16)22-6-2-3-7-22/h4-5,9,12,16,20H,1-3,6-8,10-11H2. The fourth-order valence-electron chi connectivity index (χ4n) is 3.09. The Labute approximate surface area is 147 Å². The molecule has 1 saturated heterocycles. The molecule has 0 aromatic carbocycles. The lowest BCUT2D eigenvalue weighted by Gasteiger charge is -2.24. The third kappa shape index (κ3) is 4.36. The molecule has 0 saturated carbocycles. The van der Waals surface area contributed by atoms with Crippen LogP contribution in [0, 0.1) is 0 Å². The fourth-order valence-corrected chi connectivity index (χ4v) is 3.21. The van der Waals surface area contributed by atoms with Crippen LogP contribution in [-0.4, -0.2) is 41.6 Å². The number of carbonyl (C=O) groups excluding carboxylic acids is 1. The highest BCUT2D eigenvalue weighted by molar-refractivity contribution is 6.29. The number of esters is 1. The van der Waals surface area contributed by atoms with E-state index in [4.69, 9.17) is 16.3 Å². The van der Waals surface area contributed by atoms with Gasteiger partial charge in [-0.1, -0.05) is 29.8 Å². The van der Waals surface area contributed by atoms with Crippen LogP contribution in [-0.2, 0) is 16.1 Å². The Hall–Kier alpha value is -1.85. The van der Waals surface area contributed by atoms with E-state index in [9.17, 15) is 4.79 Å². The van der Waals surface area contributed by atoms with Crippen LogP contribution in [0.4, 0.5) is 0 Å². The smallest absolute Gasteiger partial charge is 0.333 e. The molecule has 0 bridgehead atoms. The molecule has 0 radical (unpaired) electrons. The summed E-state index contributed by atoms with van der Waals surface area (Å²) < 4.78 is 5.45. The van der Waals surface area contributed by atoms with Gasteiger partial charge in [-0.15, -0.1) is 0 Å². The highest BCUT2D eigenvalue weighted by Gasteiger charge is 2.31. The van der Waals surface area contributed by atoms with E-state index < -0.39 is 0 Å². The summed E-state index contributed by atoms with van der Waals surface area (Å²) in [4.78, 5) is 18.0. The van der Waals surface area contributed by atoms with Crippen LogP contribution in [0.1, 0.15) is 24.8 Å². The Morgan fingerprint density at radius 3 is 2.92 bits per heavy atom. The van der Waals surface area contributed by atoms with Crippen molar-refractivity contribution >= 4 is 17.6 Å². The number of nitrogens with one attached hydrogen (secondary N) is 1. The molecule has 0 spiro atoms. The molecule has 1 aromatic rings. The molecule has 5 nitrogen and oxygen atoms in total. The van der Waals surface area contributed by atoms with Crippen molar-refractivity contribution in [3.8, 4) is 0 Å². The minimum atomic E-state index is -0.241. The van der Waals surface area contributed by atoms with Crippen LogP contribution in [0.2, 0.25) is 5.15 Å². The van der Waals surface area contributed by atoms with Gasteiger partial charge in [0.25, 0.3) is 0 Å². The minimum Gasteiger partial charge on any atom is -0.452 e. The summed E-state index contributed by atoms with van der Waals surface area (Å²) in [5.41, 5.74) is 3.10. The van der Waals surface area contributed by atoms with Crippen molar-refractivity contribution in [2.24, 2.45) is 0 Å². The van der Waals surface area contributed by atoms with Crippen LogP contribution in [0.25, 0.3) is 0 Å². The van der Waals surface area contributed by atoms with Gasteiger partial charge in [0.05, 0.1) is 5.70 Å². The summed E-state index contributed by atoms with van der Waals surface area (Å²) in [5, 5.41) is 3.83. The first kappa shape index (κ1) is 17.0. The minimum absolute atomic E-state index is 0.193. The quantitative estimate of drug-likeness (QED) is 0.467. The zero-order valence-electron chi connectivity index (χ0n) is 13.6. The van der Waals surface area contributed by atoms with Crippen molar-refractivity contribution in [1.82, 2.24) is 15.2 Å². The number of cyclic esters (lactones) is 1. The lowest BCUT2D eigenvalue weighted by atomic mass is 10.1. The summed E-state index contributed by atoms with van der Waals surface area (Å²) in [6, 6.07) is 3.72. The van der Waals surface area contributed by atoms with E-state index in [1.165, 1.54) is 12.8 Å². The Bertz CT molecular complexity index is 636. The third-order valence-electron chi connectivity index (χ3n) is 4.29. The molecule has 1 fully saturated rings. The van der Waals surface area contributed by atoms with Gasteiger partial charge in [-0.05, 0) is 24.5 Å². The van der Waals surface area contributed by atoms with Gasteiger partial charge in [-0.2, -0.15) is 0 Å². The number of likely N-dealkylation sites (tertiary alicyclic amines) is 1. The number of pyridine rings is 1. The second kappa shape index (κ2) is 7.81. The van der Waals surface area contributed by atoms with E-state index in [2.05, 4.69) is 21.8 Å². The van der Waals surface area contributed by atoms with E-state index >= 15 is 0 Å². The van der Waals surface area contributed by atoms with Crippen molar-refractivity contribution in [3.63, 3.8) is 0 Å². The number of nitrogens with zero attached hydrogens (tertiary/aromatic N) is 2. The number of ether oxygens (including phenoxy) is 1. The molecule has 1 unspecified atom stereocenters. The number of hydrogen-bond donors (Lipinski definition) is 1. The molecular weight excluding hydrogens is 326 g/mol. The summed E-state index contributed by atoms with van der Waals surface area (Å²) >= 11 is 5.77. The molecule has 2 aliphatic rings. The van der Waals surface area contributed by atoms with Crippen LogP contribution >= 0.6 is 11.6 Å². The predicted molar refractivity (Wildman–Crippen MR) is 93.5 cm³/mol. The number of halogens is 1. The van der Waals surface area contributed by atoms with Crippen LogP contribution in [0.15, 0.2) is 42.3 Å². The molecule has 0 aliphatic carbocycles. The van der Waals surface area contributed by atoms with Gasteiger partial charge < -0.3 is 15.0 Å². The maximum atomic E-state index is 11.6. The monoisotopic (exact) mass is 347 g/mol. The van der Waals surface area contributed by atoms with E-state index in [0.29, 0.717) is 24.7 Å². The second-order valence-corrected chi connectivity index (χ2v) is 6.62. The zero-order valence-corrected chi connectivity index (χ0v) is 14.4. The third-order valence-corrected chi connectivity index (χ3v) is 4.52. The van der Waals surface area contributed by atoms with E-state index in [1.807, 2.05) is 6.07 Å². The van der Waals surface area contributed by atoms with Crippen LogP contribution in [0.5, 0.6) is 0 Å². The van der Waals surface area contributed by atoms with Gasteiger partial charge in [-0.3, -0.25) is 0 Å². The van der Waals surface area contributed by atoms with Gasteiger partial charge in [0.2, 0.25) is 0 Å². The first-order chi connectivity index (χ1) is 11.6. The number of aromatic nitrogens is 1. The average molecular weight is 348 g/mol. The van der Waals surface area contributed by atoms with E-state index in [1.54, 1.807) is 18.3 Å². The van der Waals surface area contributed by atoms with Crippen LogP contribution < -0.4 is 5.32 Å². The predicted octanol–water partition coefficient (Wildman–Crippen LogP) is 2.68. The normalized spacial score (nSPS) is 20.2. The second-order valence-electron chi connectivity index (χ2n) is 6.24. The maximum Gasteiger partial charge on any atom is 0.333 e. The summed E-state index contributed by atoms with van der Waals surface area (Å²) in [6.45, 7) is 7.50. The average Bonchev–Trinajstić information content (AvgIpc) is 3.19. The first-order valence-corrected chi connectivity index (χ1v) is 8.64. The molecule has 24 heavy (non-hydrogen) atoms. The van der Waals surface area contributed by atoms with E-state index in [-0.39, 0.29) is 12.1 Å². The number of carbonyl (C=O) groups is 1. The molecule has 1 atom stereocenters. The lowest BCUT2D eigenvalue weighted by Crippen LogP contribution is -2.28. The SMILES string of the molecule is C=C(CNCc1ccc(Cl)nc1)CC1OC(=O)C=C1N1CCCC1. The van der Waals surface area contributed by atoms with Crippen molar-refractivity contribution in [1.29, 1.82) is 0 Å². The Morgan fingerprint density at radius 1 is 1.42 bits per heavy atom. The summed E-state index contributed by atoms with van der Waals surface area (Å²) in [5.74, 6) is -0.241. The summed E-state index contributed by atoms with van der Waals surface area (Å²) in [6.07, 6.45) is 6.20. The number of rotatable bonds is 7. The topological polar surface area (TPSA) is 54.5 Å². The van der Waals surface area contributed by atoms with Crippen molar-refractivity contribution in [3.05, 3.63) is 53.0 Å². The molecule has 3 heterocycles. The molecule has 1 N–H and O–H groups in total. The van der Waals surface area contributed by atoms with Crippen molar-refractivity contribution in [2.75, 3.05) is 19.6 Å². The van der Waals surface area contributed by atoms with Gasteiger partial charge in [0.1, 0.15) is 11.3 Å². The molecule has 0 amide bonds. The highest BCUT2D eigenvalue weighted by atomic mass is 35.5. The fraction of sp³-hybridized carbons (Fsp3) is 0.444. The first-order valence-electron chi connectivity index (χ1n) is 8.27. The lowest BCUT2D eigenvalue weighted by molar-refractivity contribution is -0.138. The molecular formula is C18H22ClN3O2. The van der Waals surface area contributed by atoms with Crippen LogP contribution in [0.3, 0.4) is 0 Å². The van der Waals surface area contributed by atoms with Gasteiger partial charge in [-0.25, -0.2) is 9.78 Å². The molecule has 2 aliphatic heterocycles. The molecule has 128 valence electrons. The van der Waals surface area contributed by atoms with Gasteiger partial charge >= 0.3 is 5.97 Å². The van der Waals surface area contributed by atoms with Gasteiger partial charge in [0, 0.05) is 44.9 Å². The summed E-state index contributed by atoms with van der Waals surface area (Å²) in [7, 11) is 0. The van der Waals surface area contributed by atoms with E-state index in [0.717, 1.165) is 29.9 Å². The zero-order chi connectivity index (χ0) is 16.9. The molecule has 1 aromatic heterocycles. The Kier molecular flexibility index (Phi) is 5.53. The Morgan fingerprint density at radius 2 is 2.21 bits per heavy atom. The van der Waals surface area contributed by atoms with Crippen molar-refractivity contribution < 1.29 is 9.53 Å². The molecule has 3 rings (SSSR count). The highest BCUT2D eigenvalue weighted by Crippen LogP contribution is 2.27. The van der Waals surface area contributed by atoms with Gasteiger partial charge in [0.15, 0.2) is 0 Å². The largest absolute Gasteiger partial charge is 0.452 e. The number of hydrogen-bond acceptors (Lipinski definition) is 5.